The molecule has 0 atom stereocenters. The van der Waals surface area contributed by atoms with Crippen LogP contribution in [-0.2, 0) is 22.7 Å². The fourth-order valence-corrected chi connectivity index (χ4v) is 4.83. The van der Waals surface area contributed by atoms with E-state index in [1.54, 1.807) is 0 Å². The Morgan fingerprint density at radius 1 is 0.724 bits per heavy atom. The van der Waals surface area contributed by atoms with Crippen molar-refractivity contribution in [2.24, 2.45) is 0 Å². The Labute approximate surface area is 184 Å². The zero-order valence-corrected chi connectivity index (χ0v) is 19.2. The number of rotatable bonds is 14. The first-order valence-electron chi connectivity index (χ1n) is 9.88. The third-order valence-electron chi connectivity index (χ3n) is 4.32. The van der Waals surface area contributed by atoms with Gasteiger partial charge in [0.05, 0.1) is 30.5 Å². The normalized spacial score (nSPS) is 11.4. The quantitative estimate of drug-likeness (QED) is 0.240. The predicted molar refractivity (Wildman–Crippen MR) is 131 cm³/mol. The maximum atomic E-state index is 5.81. The highest BCUT2D eigenvalue weighted by atomic mass is 32.2. The smallest absolute Gasteiger partial charge is 0.0717 e. The van der Waals surface area contributed by atoms with Crippen LogP contribution in [0.1, 0.15) is 36.1 Å². The highest BCUT2D eigenvalue weighted by molar-refractivity contribution is 8.18. The third kappa shape index (κ3) is 9.72. The van der Waals surface area contributed by atoms with Crippen molar-refractivity contribution in [2.45, 2.75) is 31.1 Å². The van der Waals surface area contributed by atoms with Crippen molar-refractivity contribution in [1.82, 2.24) is 0 Å². The van der Waals surface area contributed by atoms with Crippen LogP contribution < -0.4 is 0 Å². The molecular weight excluding hydrogens is 396 g/mol. The molecule has 156 valence electrons. The fourth-order valence-electron chi connectivity index (χ4n) is 2.61. The summed E-state index contributed by atoms with van der Waals surface area (Å²) >= 11 is 3.88. The van der Waals surface area contributed by atoms with E-state index in [9.17, 15) is 0 Å². The van der Waals surface area contributed by atoms with Crippen molar-refractivity contribution >= 4 is 35.7 Å². The first kappa shape index (κ1) is 23.8. The minimum Gasteiger partial charge on any atom is -0.376 e. The highest BCUT2D eigenvalue weighted by Crippen LogP contribution is 2.36. The van der Waals surface area contributed by atoms with Gasteiger partial charge in [-0.15, -0.1) is 23.5 Å². The van der Waals surface area contributed by atoms with E-state index < -0.39 is 0 Å². The van der Waals surface area contributed by atoms with Gasteiger partial charge in [-0.3, -0.25) is 0 Å². The number of benzene rings is 2. The molecule has 2 rings (SSSR count). The van der Waals surface area contributed by atoms with Crippen LogP contribution in [0, 0.1) is 0 Å². The minimum absolute atomic E-state index is 0.157. The molecule has 0 saturated heterocycles. The van der Waals surface area contributed by atoms with E-state index in [1.807, 2.05) is 35.7 Å². The molecular formula is C25H32O2S2. The van der Waals surface area contributed by atoms with Crippen molar-refractivity contribution in [3.05, 3.63) is 83.9 Å². The van der Waals surface area contributed by atoms with Gasteiger partial charge in [0.15, 0.2) is 0 Å². The summed E-state index contributed by atoms with van der Waals surface area (Å²) < 4.78 is 11.8. The first-order chi connectivity index (χ1) is 14.0. The zero-order chi connectivity index (χ0) is 21.0. The lowest BCUT2D eigenvalue weighted by molar-refractivity contribution is 0.136. The summed E-state index contributed by atoms with van der Waals surface area (Å²) in [5.74, 6) is 1.97. The van der Waals surface area contributed by atoms with E-state index in [4.69, 9.17) is 9.47 Å². The second-order valence-corrected chi connectivity index (χ2v) is 10.8. The number of hydrogen-bond donors (Lipinski definition) is 0. The molecule has 0 aliphatic carbocycles. The van der Waals surface area contributed by atoms with Crippen LogP contribution in [0.25, 0.3) is 12.2 Å². The second kappa shape index (κ2) is 13.0. The van der Waals surface area contributed by atoms with Gasteiger partial charge in [0.1, 0.15) is 0 Å². The van der Waals surface area contributed by atoms with Gasteiger partial charge >= 0.3 is 0 Å². The van der Waals surface area contributed by atoms with Crippen LogP contribution in [0.5, 0.6) is 0 Å². The summed E-state index contributed by atoms with van der Waals surface area (Å²) in [5.41, 5.74) is 4.67. The van der Waals surface area contributed by atoms with Gasteiger partial charge in [0.2, 0.25) is 0 Å². The van der Waals surface area contributed by atoms with Crippen LogP contribution in [0.2, 0.25) is 0 Å². The van der Waals surface area contributed by atoms with E-state index in [0.29, 0.717) is 13.2 Å². The molecule has 29 heavy (non-hydrogen) atoms. The van der Waals surface area contributed by atoms with Crippen molar-refractivity contribution < 1.29 is 9.47 Å². The number of ether oxygens (including phenoxy) is 2. The maximum absolute atomic E-state index is 5.81. The summed E-state index contributed by atoms with van der Waals surface area (Å²) in [7, 11) is 0. The Hall–Kier alpha value is -1.46. The Balaban J connectivity index is 1.53. The Bertz CT molecular complexity index is 673. The Morgan fingerprint density at radius 3 is 1.45 bits per heavy atom. The largest absolute Gasteiger partial charge is 0.376 e. The highest BCUT2D eigenvalue weighted by Gasteiger charge is 2.18. The van der Waals surface area contributed by atoms with Crippen molar-refractivity contribution in [2.75, 3.05) is 24.7 Å². The summed E-state index contributed by atoms with van der Waals surface area (Å²) in [5, 5.41) is 0. The SMILES string of the molecule is C=Cc1ccc(COCCSC(C)(C)SCCOCc2ccc(C=C)cc2)cc1. The van der Waals surface area contributed by atoms with Crippen LogP contribution in [0.15, 0.2) is 61.7 Å². The zero-order valence-electron chi connectivity index (χ0n) is 17.6. The molecule has 2 aromatic carbocycles. The summed E-state index contributed by atoms with van der Waals surface area (Å²) in [4.78, 5) is 0. The predicted octanol–water partition coefficient (Wildman–Crippen LogP) is 6.91. The van der Waals surface area contributed by atoms with Gasteiger partial charge in [-0.2, -0.15) is 0 Å². The molecule has 0 spiro atoms. The lowest BCUT2D eigenvalue weighted by Gasteiger charge is -2.23. The van der Waals surface area contributed by atoms with Crippen molar-refractivity contribution in [3.8, 4) is 0 Å². The lowest BCUT2D eigenvalue weighted by atomic mass is 10.1. The summed E-state index contributed by atoms with van der Waals surface area (Å²) in [6.45, 7) is 14.9. The molecule has 0 radical (unpaired) electrons. The summed E-state index contributed by atoms with van der Waals surface area (Å²) in [6.07, 6.45) is 3.71. The lowest BCUT2D eigenvalue weighted by Crippen LogP contribution is -2.14. The van der Waals surface area contributed by atoms with E-state index in [2.05, 4.69) is 75.5 Å². The van der Waals surface area contributed by atoms with Gasteiger partial charge in [0, 0.05) is 11.5 Å². The fraction of sp³-hybridized carbons (Fsp3) is 0.360. The summed E-state index contributed by atoms with van der Waals surface area (Å²) in [6, 6.07) is 16.7. The first-order valence-corrected chi connectivity index (χ1v) is 11.9. The molecule has 0 saturated carbocycles. The molecule has 0 heterocycles. The topological polar surface area (TPSA) is 18.5 Å². The molecule has 2 aromatic rings. The van der Waals surface area contributed by atoms with Crippen LogP contribution in [0.4, 0.5) is 0 Å². The van der Waals surface area contributed by atoms with Crippen LogP contribution in [0.3, 0.4) is 0 Å². The molecule has 2 nitrogen and oxygen atoms in total. The van der Waals surface area contributed by atoms with Gasteiger partial charge in [0.25, 0.3) is 0 Å². The molecule has 0 bridgehead atoms. The van der Waals surface area contributed by atoms with Crippen LogP contribution in [-0.4, -0.2) is 28.8 Å². The van der Waals surface area contributed by atoms with Crippen LogP contribution >= 0.6 is 23.5 Å². The maximum Gasteiger partial charge on any atom is 0.0717 e. The minimum atomic E-state index is 0.157. The van der Waals surface area contributed by atoms with Crippen molar-refractivity contribution in [3.63, 3.8) is 0 Å². The third-order valence-corrected chi connectivity index (χ3v) is 7.16. The second-order valence-electron chi connectivity index (χ2n) is 7.09. The van der Waals surface area contributed by atoms with Gasteiger partial charge < -0.3 is 9.47 Å². The van der Waals surface area contributed by atoms with Gasteiger partial charge in [-0.1, -0.05) is 73.8 Å². The van der Waals surface area contributed by atoms with E-state index in [1.165, 1.54) is 11.1 Å². The van der Waals surface area contributed by atoms with E-state index in [-0.39, 0.29) is 4.08 Å². The molecule has 0 aliphatic heterocycles. The molecule has 0 fully saturated rings. The van der Waals surface area contributed by atoms with Crippen molar-refractivity contribution in [1.29, 1.82) is 0 Å². The Kier molecular flexibility index (Phi) is 10.6. The van der Waals surface area contributed by atoms with Gasteiger partial charge in [-0.05, 0) is 36.1 Å². The molecule has 0 amide bonds. The number of thioether (sulfide) groups is 2. The van der Waals surface area contributed by atoms with Gasteiger partial charge in [-0.25, -0.2) is 0 Å². The molecule has 4 heteroatoms. The van der Waals surface area contributed by atoms with E-state index in [0.717, 1.165) is 35.8 Å². The monoisotopic (exact) mass is 428 g/mol. The Morgan fingerprint density at radius 2 is 1.10 bits per heavy atom. The average Bonchev–Trinajstić information content (AvgIpc) is 2.74. The van der Waals surface area contributed by atoms with E-state index >= 15 is 0 Å². The molecule has 0 aromatic heterocycles. The standard InChI is InChI=1S/C25H32O2S2/c1-5-21-7-11-23(12-8-21)19-26-15-17-28-25(3,4)29-18-16-27-20-24-13-9-22(6-2)10-14-24/h5-14H,1-2,15-20H2,3-4H3. The average molecular weight is 429 g/mol. The molecule has 0 N–H and O–H groups in total. The molecule has 0 unspecified atom stereocenters. The molecule has 0 aliphatic rings. The number of hydrogen-bond acceptors (Lipinski definition) is 4.